The molecule has 1 unspecified atom stereocenters. The van der Waals surface area contributed by atoms with Crippen LogP contribution in [0.2, 0.25) is 0 Å². The van der Waals surface area contributed by atoms with E-state index >= 15 is 0 Å². The van der Waals surface area contributed by atoms with E-state index in [1.807, 2.05) is 11.9 Å². The molecule has 0 bridgehead atoms. The van der Waals surface area contributed by atoms with Crippen molar-refractivity contribution in [2.24, 2.45) is 0 Å². The normalized spacial score (nSPS) is 12.2. The van der Waals surface area contributed by atoms with Crippen LogP contribution in [0.5, 0.6) is 0 Å². The Bertz CT molecular complexity index is 1670. The van der Waals surface area contributed by atoms with Crippen LogP contribution in [-0.2, 0) is 27.3 Å². The number of carboxylic acid groups (broad SMARTS) is 2. The number of nitrogens with one attached hydrogen (secondary N) is 2. The molecule has 2 amide bonds. The van der Waals surface area contributed by atoms with Gasteiger partial charge in [-0.2, -0.15) is 9.97 Å². The summed E-state index contributed by atoms with van der Waals surface area (Å²) in [6, 6.07) is 13.0. The third-order valence-electron chi connectivity index (χ3n) is 6.64. The highest BCUT2D eigenvalue weighted by Gasteiger charge is 2.27. The summed E-state index contributed by atoms with van der Waals surface area (Å²) in [6.07, 6.45) is 0.886. The van der Waals surface area contributed by atoms with Gasteiger partial charge in [-0.3, -0.25) is 14.4 Å². The monoisotopic (exact) mass is 601 g/mol. The lowest BCUT2D eigenvalue weighted by atomic mass is 10.0. The zero-order valence-corrected chi connectivity index (χ0v) is 23.7. The summed E-state index contributed by atoms with van der Waals surface area (Å²) in [5.74, 6) is -3.74. The highest BCUT2D eigenvalue weighted by Crippen LogP contribution is 2.19. The van der Waals surface area contributed by atoms with Crippen LogP contribution < -0.4 is 27.0 Å². The van der Waals surface area contributed by atoms with Crippen molar-refractivity contribution in [3.8, 4) is 0 Å². The van der Waals surface area contributed by atoms with Crippen LogP contribution in [0, 0.1) is 0 Å². The fourth-order valence-electron chi connectivity index (χ4n) is 4.36. The quantitative estimate of drug-likeness (QED) is 0.125. The second-order valence-electron chi connectivity index (χ2n) is 9.95. The van der Waals surface area contributed by atoms with Crippen LogP contribution in [0.15, 0.2) is 60.8 Å². The van der Waals surface area contributed by atoms with Crippen molar-refractivity contribution in [3.63, 3.8) is 0 Å². The molecule has 15 heteroatoms. The van der Waals surface area contributed by atoms with Crippen LogP contribution in [0.4, 0.5) is 17.5 Å². The molecule has 2 heterocycles. The minimum Gasteiger partial charge on any atom is -0.481 e. The maximum atomic E-state index is 13.2. The van der Waals surface area contributed by atoms with Gasteiger partial charge in [0.05, 0.1) is 18.4 Å². The number of aromatic nitrogens is 4. The molecule has 4 rings (SSSR count). The largest absolute Gasteiger partial charge is 0.481 e. The molecule has 0 aliphatic rings. The number of anilines is 3. The molecule has 0 aliphatic carbocycles. The Hall–Kier alpha value is -5.86. The van der Waals surface area contributed by atoms with Crippen molar-refractivity contribution < 1.29 is 29.4 Å². The van der Waals surface area contributed by atoms with Crippen LogP contribution in [-0.4, -0.2) is 73.0 Å². The molecule has 0 spiro atoms. The van der Waals surface area contributed by atoms with E-state index in [-0.39, 0.29) is 35.8 Å². The fraction of sp³-hybridized carbons (Fsp3) is 0.241. The number of nitrogen functional groups attached to an aromatic ring is 2. The zero-order valence-electron chi connectivity index (χ0n) is 23.7. The highest BCUT2D eigenvalue weighted by molar-refractivity contribution is 5.98. The number of aliphatic carboxylic acids is 2. The van der Waals surface area contributed by atoms with Gasteiger partial charge in [-0.25, -0.2) is 14.8 Å². The summed E-state index contributed by atoms with van der Waals surface area (Å²) in [7, 11) is 1.83. The first kappa shape index (κ1) is 31.1. The highest BCUT2D eigenvalue weighted by atomic mass is 16.4. The van der Waals surface area contributed by atoms with E-state index in [2.05, 4.69) is 30.6 Å². The number of amides is 2. The van der Waals surface area contributed by atoms with Gasteiger partial charge in [0.2, 0.25) is 11.9 Å². The summed E-state index contributed by atoms with van der Waals surface area (Å²) in [4.78, 5) is 67.4. The lowest BCUT2D eigenvalue weighted by Gasteiger charge is -2.22. The number of hydrogen-bond acceptors (Lipinski definition) is 11. The van der Waals surface area contributed by atoms with Crippen molar-refractivity contribution in [2.75, 3.05) is 23.4 Å². The first-order valence-corrected chi connectivity index (χ1v) is 13.5. The maximum Gasteiger partial charge on any atom is 0.326 e. The van der Waals surface area contributed by atoms with E-state index < -0.39 is 42.3 Å². The number of nitrogens with two attached hydrogens (primary N) is 2. The van der Waals surface area contributed by atoms with E-state index in [9.17, 15) is 24.3 Å². The second kappa shape index (κ2) is 13.9. The lowest BCUT2D eigenvalue weighted by Crippen LogP contribution is -2.52. The molecule has 8 N–H and O–H groups in total. The van der Waals surface area contributed by atoms with E-state index in [0.29, 0.717) is 17.8 Å². The standard InChI is InChI=1S/C29H31N9O6/c1-38(15-18-14-32-25-23(33-18)24(30)36-29(31)37-25)19-9-7-17(8-10-19)26(41)35-21(13-16-5-3-2-4-6-16)27(42)34-20(28(43)44)11-12-22(39)40/h2-10,14,20-21H,11-13,15H2,1H3,(H,34,42)(H,35,41)(H,39,40)(H,43,44)(H4,30,31,32,36,37)/t20?,21-/m0/s1. The Balaban J connectivity index is 1.45. The van der Waals surface area contributed by atoms with Crippen LogP contribution in [0.3, 0.4) is 0 Å². The summed E-state index contributed by atoms with van der Waals surface area (Å²) in [6.45, 7) is 0.351. The summed E-state index contributed by atoms with van der Waals surface area (Å²) in [5.41, 5.74) is 14.5. The number of nitrogens with zero attached hydrogens (tertiary/aromatic N) is 5. The molecule has 2 aromatic heterocycles. The molecule has 4 aromatic rings. The Kier molecular flexibility index (Phi) is 9.80. The second-order valence-corrected chi connectivity index (χ2v) is 9.95. The molecule has 0 saturated heterocycles. The minimum absolute atomic E-state index is 0.00510. The number of carbonyl (C=O) groups excluding carboxylic acids is 2. The van der Waals surface area contributed by atoms with E-state index in [0.717, 1.165) is 11.3 Å². The van der Waals surface area contributed by atoms with Gasteiger partial charge in [0.25, 0.3) is 5.91 Å². The van der Waals surface area contributed by atoms with E-state index in [1.165, 1.54) is 0 Å². The Morgan fingerprint density at radius 3 is 2.27 bits per heavy atom. The van der Waals surface area contributed by atoms with Crippen LogP contribution in [0.1, 0.15) is 34.5 Å². The van der Waals surface area contributed by atoms with Gasteiger partial charge in [-0.05, 0) is 36.2 Å². The number of carboxylic acids is 2. The van der Waals surface area contributed by atoms with Crippen molar-refractivity contribution in [2.45, 2.75) is 37.9 Å². The summed E-state index contributed by atoms with van der Waals surface area (Å²) >= 11 is 0. The third kappa shape index (κ3) is 8.12. The Labute approximate surface area is 251 Å². The first-order chi connectivity index (χ1) is 21.0. The van der Waals surface area contributed by atoms with Gasteiger partial charge in [-0.1, -0.05) is 30.3 Å². The molecular weight excluding hydrogens is 570 g/mol. The molecule has 0 fully saturated rings. The number of rotatable bonds is 13. The van der Waals surface area contributed by atoms with E-state index in [4.69, 9.17) is 16.6 Å². The van der Waals surface area contributed by atoms with Crippen molar-refractivity contribution in [1.82, 2.24) is 30.6 Å². The first-order valence-electron chi connectivity index (χ1n) is 13.5. The van der Waals surface area contributed by atoms with Crippen molar-refractivity contribution >= 4 is 52.4 Å². The maximum absolute atomic E-state index is 13.2. The number of carbonyl (C=O) groups is 4. The van der Waals surface area contributed by atoms with Crippen LogP contribution in [0.25, 0.3) is 11.2 Å². The Morgan fingerprint density at radius 1 is 0.909 bits per heavy atom. The molecule has 2 aromatic carbocycles. The number of fused-ring (bicyclic) bond motifs is 1. The van der Waals surface area contributed by atoms with Gasteiger partial charge >= 0.3 is 11.9 Å². The molecule has 2 atom stereocenters. The molecular formula is C29H31N9O6. The topological polar surface area (TPSA) is 240 Å². The number of hydrogen-bond donors (Lipinski definition) is 6. The van der Waals surface area contributed by atoms with Gasteiger partial charge in [0, 0.05) is 31.1 Å². The molecule has 44 heavy (non-hydrogen) atoms. The van der Waals surface area contributed by atoms with Crippen molar-refractivity contribution in [1.29, 1.82) is 0 Å². The molecule has 228 valence electrons. The van der Waals surface area contributed by atoms with E-state index in [1.54, 1.807) is 60.8 Å². The smallest absolute Gasteiger partial charge is 0.326 e. The SMILES string of the molecule is CN(Cc1cnc2nc(N)nc(N)c2n1)c1ccc(C(=O)N[C@@H](Cc2ccccc2)C(=O)NC(CCC(=O)O)C(=O)O)cc1. The van der Waals surface area contributed by atoms with Gasteiger partial charge in [-0.15, -0.1) is 0 Å². The Morgan fingerprint density at radius 2 is 1.61 bits per heavy atom. The summed E-state index contributed by atoms with van der Waals surface area (Å²) in [5, 5.41) is 23.4. The lowest BCUT2D eigenvalue weighted by molar-refractivity contribution is -0.143. The van der Waals surface area contributed by atoms with Gasteiger partial charge in [0.1, 0.15) is 12.1 Å². The third-order valence-corrected chi connectivity index (χ3v) is 6.64. The van der Waals surface area contributed by atoms with Crippen LogP contribution >= 0.6 is 0 Å². The average molecular weight is 602 g/mol. The average Bonchev–Trinajstić information content (AvgIpc) is 2.99. The summed E-state index contributed by atoms with van der Waals surface area (Å²) < 4.78 is 0. The fourth-order valence-corrected chi connectivity index (χ4v) is 4.36. The van der Waals surface area contributed by atoms with Crippen molar-refractivity contribution in [3.05, 3.63) is 77.6 Å². The molecule has 0 aliphatic heterocycles. The molecule has 0 radical (unpaired) electrons. The van der Waals surface area contributed by atoms with Gasteiger partial charge in [0.15, 0.2) is 17.0 Å². The minimum atomic E-state index is -1.43. The predicted octanol–water partition coefficient (Wildman–Crippen LogP) is 0.996. The zero-order chi connectivity index (χ0) is 31.8. The number of benzene rings is 2. The van der Waals surface area contributed by atoms with Gasteiger partial charge < -0.3 is 37.2 Å². The predicted molar refractivity (Wildman–Crippen MR) is 160 cm³/mol. The molecule has 0 saturated carbocycles. The molecule has 15 nitrogen and oxygen atoms in total.